The van der Waals surface area contributed by atoms with Crippen LogP contribution in [0.1, 0.15) is 72.3 Å². The highest BCUT2D eigenvalue weighted by atomic mass is 16.2. The minimum Gasteiger partial charge on any atom is -0.344 e. The molecule has 0 radical (unpaired) electrons. The fraction of sp³-hybridized carbons (Fsp3) is 0.654. The van der Waals surface area contributed by atoms with Crippen LogP contribution >= 0.6 is 0 Å². The van der Waals surface area contributed by atoms with E-state index in [1.165, 1.54) is 5.56 Å². The standard InChI is InChI=1S/C26H42N4O3/c1-16(2)15-22(27)26(33)30-13-11-20(12-14-30)24(31)29-23(18(5)6)25(32)28-21-9-7-19(8-10-21)17(3)4/h7-10,16-18,20,22-23H,11-15,27H2,1-6H3,(H,28,32)(H,29,31). The quantitative estimate of drug-likeness (QED) is 0.527. The lowest BCUT2D eigenvalue weighted by atomic mass is 9.93. The highest BCUT2D eigenvalue weighted by molar-refractivity contribution is 5.97. The second-order valence-electron chi connectivity index (χ2n) is 10.3. The van der Waals surface area contributed by atoms with Gasteiger partial charge in [-0.3, -0.25) is 14.4 Å². The van der Waals surface area contributed by atoms with Crippen molar-refractivity contribution in [3.63, 3.8) is 0 Å². The maximum Gasteiger partial charge on any atom is 0.247 e. The second kappa shape index (κ2) is 12.2. The van der Waals surface area contributed by atoms with Gasteiger partial charge in [0.1, 0.15) is 6.04 Å². The number of benzene rings is 1. The van der Waals surface area contributed by atoms with Gasteiger partial charge in [0.25, 0.3) is 0 Å². The van der Waals surface area contributed by atoms with Crippen molar-refractivity contribution < 1.29 is 14.4 Å². The number of amides is 3. The van der Waals surface area contributed by atoms with Crippen LogP contribution in [0.4, 0.5) is 5.69 Å². The average Bonchev–Trinajstić information content (AvgIpc) is 2.76. The summed E-state index contributed by atoms with van der Waals surface area (Å²) in [7, 11) is 0. The molecule has 4 N–H and O–H groups in total. The van der Waals surface area contributed by atoms with Crippen molar-refractivity contribution >= 4 is 23.4 Å². The van der Waals surface area contributed by atoms with Crippen molar-refractivity contribution in [3.8, 4) is 0 Å². The second-order valence-corrected chi connectivity index (χ2v) is 10.3. The molecule has 0 spiro atoms. The smallest absolute Gasteiger partial charge is 0.247 e. The number of hydrogen-bond donors (Lipinski definition) is 3. The van der Waals surface area contributed by atoms with Crippen molar-refractivity contribution in [1.29, 1.82) is 0 Å². The molecule has 1 aliphatic heterocycles. The Balaban J connectivity index is 1.91. The first-order valence-corrected chi connectivity index (χ1v) is 12.2. The minimum absolute atomic E-state index is 0.0366. The van der Waals surface area contributed by atoms with Gasteiger partial charge in [0.05, 0.1) is 6.04 Å². The van der Waals surface area contributed by atoms with Gasteiger partial charge in [-0.2, -0.15) is 0 Å². The van der Waals surface area contributed by atoms with Gasteiger partial charge < -0.3 is 21.3 Å². The van der Waals surface area contributed by atoms with Crippen LogP contribution in [0.5, 0.6) is 0 Å². The summed E-state index contributed by atoms with van der Waals surface area (Å²) in [5.41, 5.74) is 7.97. The molecule has 1 heterocycles. The first-order valence-electron chi connectivity index (χ1n) is 12.2. The molecule has 33 heavy (non-hydrogen) atoms. The molecule has 184 valence electrons. The van der Waals surface area contributed by atoms with E-state index in [9.17, 15) is 14.4 Å². The zero-order valence-corrected chi connectivity index (χ0v) is 21.1. The van der Waals surface area contributed by atoms with Crippen LogP contribution in [-0.2, 0) is 14.4 Å². The van der Waals surface area contributed by atoms with Crippen molar-refractivity contribution in [1.82, 2.24) is 10.2 Å². The van der Waals surface area contributed by atoms with Crippen molar-refractivity contribution in [3.05, 3.63) is 29.8 Å². The van der Waals surface area contributed by atoms with Gasteiger partial charge in [0.2, 0.25) is 17.7 Å². The molecule has 0 aromatic heterocycles. The predicted molar refractivity (Wildman–Crippen MR) is 133 cm³/mol. The Bertz CT molecular complexity index is 796. The van der Waals surface area contributed by atoms with Crippen molar-refractivity contribution in [2.45, 2.75) is 78.8 Å². The van der Waals surface area contributed by atoms with Gasteiger partial charge in [-0.1, -0.05) is 53.7 Å². The molecule has 0 saturated carbocycles. The predicted octanol–water partition coefficient (Wildman–Crippen LogP) is 3.50. The molecule has 2 atom stereocenters. The number of hydrogen-bond acceptors (Lipinski definition) is 4. The number of nitrogens with zero attached hydrogens (tertiary/aromatic N) is 1. The molecule has 0 bridgehead atoms. The third-order valence-electron chi connectivity index (χ3n) is 6.31. The molecular formula is C26H42N4O3. The number of likely N-dealkylation sites (tertiary alicyclic amines) is 1. The van der Waals surface area contributed by atoms with E-state index in [-0.39, 0.29) is 29.6 Å². The average molecular weight is 459 g/mol. The first kappa shape index (κ1) is 26.8. The van der Waals surface area contributed by atoms with Gasteiger partial charge in [-0.05, 0) is 54.7 Å². The molecule has 3 amide bonds. The summed E-state index contributed by atoms with van der Waals surface area (Å²) in [6.07, 6.45) is 1.81. The van der Waals surface area contributed by atoms with Crippen molar-refractivity contribution in [2.75, 3.05) is 18.4 Å². The molecular weight excluding hydrogens is 416 g/mol. The lowest BCUT2D eigenvalue weighted by molar-refractivity contribution is -0.137. The Labute approximate surface area is 198 Å². The summed E-state index contributed by atoms with van der Waals surface area (Å²) < 4.78 is 0. The lowest BCUT2D eigenvalue weighted by Gasteiger charge is -2.34. The Morgan fingerprint density at radius 1 is 1.00 bits per heavy atom. The van der Waals surface area contributed by atoms with Gasteiger partial charge in [0.15, 0.2) is 0 Å². The van der Waals surface area contributed by atoms with Crippen LogP contribution in [0.2, 0.25) is 0 Å². The molecule has 1 aromatic rings. The van der Waals surface area contributed by atoms with Gasteiger partial charge in [-0.15, -0.1) is 0 Å². The Morgan fingerprint density at radius 3 is 2.06 bits per heavy atom. The maximum absolute atomic E-state index is 12.9. The molecule has 1 saturated heterocycles. The highest BCUT2D eigenvalue weighted by Gasteiger charge is 2.32. The van der Waals surface area contributed by atoms with E-state index in [0.29, 0.717) is 49.9 Å². The molecule has 0 aliphatic carbocycles. The number of carbonyl (C=O) groups excluding carboxylic acids is 3. The topological polar surface area (TPSA) is 105 Å². The third-order valence-corrected chi connectivity index (χ3v) is 6.31. The van der Waals surface area contributed by atoms with Crippen LogP contribution in [0.15, 0.2) is 24.3 Å². The van der Waals surface area contributed by atoms with E-state index < -0.39 is 12.1 Å². The fourth-order valence-electron chi connectivity index (χ4n) is 4.18. The SMILES string of the molecule is CC(C)CC(N)C(=O)N1CCC(C(=O)NC(C(=O)Nc2ccc(C(C)C)cc2)C(C)C)CC1. The van der Waals surface area contributed by atoms with E-state index >= 15 is 0 Å². The number of nitrogens with one attached hydrogen (secondary N) is 2. The van der Waals surface area contributed by atoms with E-state index in [2.05, 4.69) is 24.5 Å². The molecule has 2 rings (SSSR count). The van der Waals surface area contributed by atoms with Crippen LogP contribution in [0.25, 0.3) is 0 Å². The lowest BCUT2D eigenvalue weighted by Crippen LogP contribution is -2.52. The van der Waals surface area contributed by atoms with E-state index in [1.807, 2.05) is 52.0 Å². The summed E-state index contributed by atoms with van der Waals surface area (Å²) >= 11 is 0. The molecule has 1 aromatic carbocycles. The van der Waals surface area contributed by atoms with E-state index in [1.54, 1.807) is 4.90 Å². The van der Waals surface area contributed by atoms with Crippen molar-refractivity contribution in [2.24, 2.45) is 23.5 Å². The maximum atomic E-state index is 12.9. The molecule has 7 nitrogen and oxygen atoms in total. The zero-order valence-electron chi connectivity index (χ0n) is 21.1. The number of anilines is 1. The fourth-order valence-corrected chi connectivity index (χ4v) is 4.18. The first-order chi connectivity index (χ1) is 15.5. The molecule has 7 heteroatoms. The minimum atomic E-state index is -0.624. The Hall–Kier alpha value is -2.41. The number of nitrogens with two attached hydrogens (primary N) is 1. The number of carbonyl (C=O) groups is 3. The Kier molecular flexibility index (Phi) is 9.89. The van der Waals surface area contributed by atoms with Crippen LogP contribution in [-0.4, -0.2) is 47.8 Å². The zero-order chi connectivity index (χ0) is 24.7. The summed E-state index contributed by atoms with van der Waals surface area (Å²) in [6, 6.07) is 6.68. The van der Waals surface area contributed by atoms with Gasteiger partial charge in [0, 0.05) is 24.7 Å². The molecule has 1 aliphatic rings. The van der Waals surface area contributed by atoms with Crippen LogP contribution in [0.3, 0.4) is 0 Å². The monoisotopic (exact) mass is 458 g/mol. The van der Waals surface area contributed by atoms with Gasteiger partial charge in [-0.25, -0.2) is 0 Å². The van der Waals surface area contributed by atoms with Gasteiger partial charge >= 0.3 is 0 Å². The number of piperidine rings is 1. The third kappa shape index (κ3) is 7.84. The normalized spacial score (nSPS) is 16.7. The summed E-state index contributed by atoms with van der Waals surface area (Å²) in [4.78, 5) is 40.1. The van der Waals surface area contributed by atoms with Crippen LogP contribution < -0.4 is 16.4 Å². The number of rotatable bonds is 9. The van der Waals surface area contributed by atoms with Crippen LogP contribution in [0, 0.1) is 17.8 Å². The summed E-state index contributed by atoms with van der Waals surface area (Å²) in [6.45, 7) is 13.2. The Morgan fingerprint density at radius 2 is 1.58 bits per heavy atom. The van der Waals surface area contributed by atoms with E-state index in [0.717, 1.165) is 0 Å². The van der Waals surface area contributed by atoms with E-state index in [4.69, 9.17) is 5.73 Å². The largest absolute Gasteiger partial charge is 0.344 e. The summed E-state index contributed by atoms with van der Waals surface area (Å²) in [5, 5.41) is 5.88. The molecule has 2 unspecified atom stereocenters. The highest BCUT2D eigenvalue weighted by Crippen LogP contribution is 2.21. The molecule has 1 fully saturated rings. The summed E-state index contributed by atoms with van der Waals surface area (Å²) in [5.74, 6) is 0.130.